The van der Waals surface area contributed by atoms with Gasteiger partial charge in [0.15, 0.2) is 5.78 Å². The number of hydrogen-bond donors (Lipinski definition) is 0. The minimum atomic E-state index is -0.169. The summed E-state index contributed by atoms with van der Waals surface area (Å²) in [6, 6.07) is 4.10. The molecule has 3 aliphatic heterocycles. The van der Waals surface area contributed by atoms with Crippen LogP contribution in [0.4, 0.5) is 4.79 Å². The Labute approximate surface area is 274 Å². The number of carbonyl (C=O) groups is 2. The minimum Gasteiger partial charge on any atom is -0.497 e. The maximum absolute atomic E-state index is 13.3. The van der Waals surface area contributed by atoms with E-state index in [2.05, 4.69) is 43.0 Å². The average molecular weight is 628 g/mol. The summed E-state index contributed by atoms with van der Waals surface area (Å²) in [6.07, 6.45) is 8.25. The first kappa shape index (κ1) is 41.5. The van der Waals surface area contributed by atoms with Gasteiger partial charge in [-0.05, 0) is 70.4 Å². The molecular formula is C37H61N3O5. The lowest BCUT2D eigenvalue weighted by Crippen LogP contribution is -2.52. The standard InChI is InChI=1S/C21H29N3O3.C10H14O2.3C2H6/c1-5-24-20(25)23-14-15-12-16(26-3)13-18(27-4)17(15)6-7-19(23)21(24)8-10-22(2)11-9-21;1-5-8(3)10(6-2)12-7-9(4)11;3*1-2/h7,12-13H,5-6,8-11,14H2,1-4H3;5-6H,1-2,7H2,3-4H3;3*1-2H3/b;10-8-;;;. The number of likely N-dealkylation sites (N-methyl/N-ethyl adjacent to an activating group) is 1. The summed E-state index contributed by atoms with van der Waals surface area (Å²) in [5.74, 6) is 2.20. The summed E-state index contributed by atoms with van der Waals surface area (Å²) in [5, 5.41) is 0. The van der Waals surface area contributed by atoms with Crippen molar-refractivity contribution in [2.45, 2.75) is 93.7 Å². The number of urea groups is 1. The van der Waals surface area contributed by atoms with Crippen molar-refractivity contribution in [2.75, 3.05) is 47.5 Å². The minimum absolute atomic E-state index is 0.00814. The van der Waals surface area contributed by atoms with Gasteiger partial charge in [-0.2, -0.15) is 0 Å². The van der Waals surface area contributed by atoms with E-state index in [1.807, 2.05) is 65.5 Å². The third-order valence-electron chi connectivity index (χ3n) is 7.75. The summed E-state index contributed by atoms with van der Waals surface area (Å²) in [5.41, 5.74) is 4.15. The van der Waals surface area contributed by atoms with Gasteiger partial charge in [0.2, 0.25) is 0 Å². The van der Waals surface area contributed by atoms with Crippen molar-refractivity contribution in [3.05, 3.63) is 71.7 Å². The molecule has 8 nitrogen and oxygen atoms in total. The molecule has 2 saturated heterocycles. The van der Waals surface area contributed by atoms with Gasteiger partial charge in [0.25, 0.3) is 0 Å². The number of Topliss-reactive ketones (excluding diaryl/α,β-unsaturated/α-hetero) is 1. The number of fused-ring (bicyclic) bond motifs is 3. The number of methoxy groups -OCH3 is 2. The van der Waals surface area contributed by atoms with Gasteiger partial charge in [-0.3, -0.25) is 9.69 Å². The predicted molar refractivity (Wildman–Crippen MR) is 188 cm³/mol. The van der Waals surface area contributed by atoms with Crippen LogP contribution in [0.3, 0.4) is 0 Å². The van der Waals surface area contributed by atoms with E-state index in [9.17, 15) is 9.59 Å². The molecular weight excluding hydrogens is 566 g/mol. The fraction of sp³-hybridized carbons (Fsp3) is 0.568. The van der Waals surface area contributed by atoms with Crippen molar-refractivity contribution in [1.82, 2.24) is 14.7 Å². The summed E-state index contributed by atoms with van der Waals surface area (Å²) in [6.45, 7) is 28.0. The molecule has 2 fully saturated rings. The molecule has 0 bridgehead atoms. The Kier molecular flexibility index (Phi) is 19.6. The number of likely N-dealkylation sites (tertiary alicyclic amines) is 1. The van der Waals surface area contributed by atoms with E-state index in [0.717, 1.165) is 67.1 Å². The molecule has 0 radical (unpaired) electrons. The number of allylic oxidation sites excluding steroid dienone is 4. The number of carbonyl (C=O) groups excluding carboxylic acids is 2. The van der Waals surface area contributed by atoms with Crippen LogP contribution in [0, 0.1) is 0 Å². The van der Waals surface area contributed by atoms with Crippen molar-refractivity contribution in [3.8, 4) is 11.5 Å². The molecule has 254 valence electrons. The number of nitrogens with zero attached hydrogens (tertiary/aromatic N) is 3. The van der Waals surface area contributed by atoms with Crippen LogP contribution in [-0.4, -0.2) is 79.6 Å². The lowest BCUT2D eigenvalue weighted by atomic mass is 9.83. The fourth-order valence-corrected chi connectivity index (χ4v) is 5.56. The SMILES string of the molecule is C=C/C(C)=C(/C=C)OCC(C)=O.CC.CC.CC.CCN1C(=O)N2Cc3cc(OC)cc(OC)c3CC=C2C12CCN(C)CC2. The summed E-state index contributed by atoms with van der Waals surface area (Å²) < 4.78 is 16.2. The molecule has 3 heterocycles. The highest BCUT2D eigenvalue weighted by Crippen LogP contribution is 2.46. The van der Waals surface area contributed by atoms with E-state index in [0.29, 0.717) is 12.3 Å². The molecule has 4 rings (SSSR count). The second kappa shape index (κ2) is 21.3. The Balaban J connectivity index is 0.000000911. The number of hydrogen-bond acceptors (Lipinski definition) is 6. The number of rotatable bonds is 8. The van der Waals surface area contributed by atoms with E-state index >= 15 is 0 Å². The summed E-state index contributed by atoms with van der Waals surface area (Å²) in [4.78, 5) is 30.3. The maximum Gasteiger partial charge on any atom is 0.325 e. The maximum atomic E-state index is 13.3. The fourth-order valence-electron chi connectivity index (χ4n) is 5.56. The van der Waals surface area contributed by atoms with E-state index in [4.69, 9.17) is 14.2 Å². The number of amides is 2. The Hall–Kier alpha value is -3.52. The van der Waals surface area contributed by atoms with Crippen molar-refractivity contribution in [2.24, 2.45) is 0 Å². The van der Waals surface area contributed by atoms with E-state index in [1.54, 1.807) is 26.4 Å². The van der Waals surface area contributed by atoms with Crippen molar-refractivity contribution in [3.63, 3.8) is 0 Å². The number of ether oxygens (including phenoxy) is 3. The smallest absolute Gasteiger partial charge is 0.325 e. The first-order chi connectivity index (χ1) is 21.6. The van der Waals surface area contributed by atoms with Crippen LogP contribution in [0.1, 0.15) is 86.3 Å². The van der Waals surface area contributed by atoms with E-state index in [-0.39, 0.29) is 24.0 Å². The third-order valence-corrected chi connectivity index (χ3v) is 7.75. The van der Waals surface area contributed by atoms with Crippen molar-refractivity contribution < 1.29 is 23.8 Å². The molecule has 45 heavy (non-hydrogen) atoms. The monoisotopic (exact) mass is 627 g/mol. The molecule has 2 amide bonds. The van der Waals surface area contributed by atoms with Gasteiger partial charge in [-0.15, -0.1) is 0 Å². The van der Waals surface area contributed by atoms with Gasteiger partial charge >= 0.3 is 6.03 Å². The molecule has 0 N–H and O–H groups in total. The van der Waals surface area contributed by atoms with Crippen LogP contribution >= 0.6 is 0 Å². The normalized spacial score (nSPS) is 16.4. The lowest BCUT2D eigenvalue weighted by Gasteiger charge is -2.43. The van der Waals surface area contributed by atoms with Crippen LogP contribution in [0.15, 0.2) is 60.5 Å². The van der Waals surface area contributed by atoms with Crippen LogP contribution in [0.25, 0.3) is 0 Å². The van der Waals surface area contributed by atoms with Gasteiger partial charge < -0.3 is 24.0 Å². The molecule has 1 aromatic carbocycles. The molecule has 0 atom stereocenters. The first-order valence-corrected chi connectivity index (χ1v) is 16.5. The molecule has 0 aromatic heterocycles. The number of piperidine rings is 1. The van der Waals surface area contributed by atoms with Crippen LogP contribution in [-0.2, 0) is 22.5 Å². The Morgan fingerprint density at radius 2 is 1.58 bits per heavy atom. The lowest BCUT2D eigenvalue weighted by molar-refractivity contribution is -0.120. The predicted octanol–water partition coefficient (Wildman–Crippen LogP) is 8.18. The first-order valence-electron chi connectivity index (χ1n) is 16.5. The van der Waals surface area contributed by atoms with Gasteiger partial charge in [-0.1, -0.05) is 66.9 Å². The third kappa shape index (κ3) is 10.2. The molecule has 0 saturated carbocycles. The molecule has 1 spiro atoms. The van der Waals surface area contributed by atoms with Crippen LogP contribution in [0.5, 0.6) is 11.5 Å². The zero-order chi connectivity index (χ0) is 34.7. The van der Waals surface area contributed by atoms with Gasteiger partial charge in [0.05, 0.1) is 26.3 Å². The van der Waals surface area contributed by atoms with E-state index in [1.165, 1.54) is 12.6 Å². The van der Waals surface area contributed by atoms with Crippen LogP contribution in [0.2, 0.25) is 0 Å². The second-order valence-corrected chi connectivity index (χ2v) is 10.2. The highest BCUT2D eigenvalue weighted by Gasteiger charge is 2.54. The molecule has 8 heteroatoms. The van der Waals surface area contributed by atoms with Crippen molar-refractivity contribution >= 4 is 11.8 Å². The average Bonchev–Trinajstić information content (AvgIpc) is 3.18. The van der Waals surface area contributed by atoms with Gasteiger partial charge in [0, 0.05) is 37.0 Å². The van der Waals surface area contributed by atoms with Crippen LogP contribution < -0.4 is 9.47 Å². The van der Waals surface area contributed by atoms with Gasteiger partial charge in [0.1, 0.15) is 23.9 Å². The molecule has 0 aliphatic carbocycles. The Morgan fingerprint density at radius 1 is 0.978 bits per heavy atom. The molecule has 3 aliphatic rings. The zero-order valence-electron chi connectivity index (χ0n) is 30.3. The summed E-state index contributed by atoms with van der Waals surface area (Å²) >= 11 is 0. The largest absolute Gasteiger partial charge is 0.497 e. The van der Waals surface area contributed by atoms with Crippen molar-refractivity contribution in [1.29, 1.82) is 0 Å². The second-order valence-electron chi connectivity index (χ2n) is 10.2. The highest BCUT2D eigenvalue weighted by atomic mass is 16.5. The zero-order valence-corrected chi connectivity index (χ0v) is 30.3. The Bertz CT molecular complexity index is 1160. The molecule has 1 aromatic rings. The van der Waals surface area contributed by atoms with Gasteiger partial charge in [-0.25, -0.2) is 4.79 Å². The molecule has 0 unspecified atom stereocenters. The number of ketones is 1. The quantitative estimate of drug-likeness (QED) is 0.214. The number of benzene rings is 1. The highest BCUT2D eigenvalue weighted by molar-refractivity contribution is 5.83. The summed E-state index contributed by atoms with van der Waals surface area (Å²) in [7, 11) is 5.51. The topological polar surface area (TPSA) is 71.5 Å². The van der Waals surface area contributed by atoms with E-state index < -0.39 is 0 Å². The Morgan fingerprint density at radius 3 is 2.04 bits per heavy atom.